The van der Waals surface area contributed by atoms with Crippen molar-refractivity contribution in [2.75, 3.05) is 25.0 Å². The third kappa shape index (κ3) is 3.88. The molecule has 7 nitrogen and oxygen atoms in total. The van der Waals surface area contributed by atoms with E-state index in [0.29, 0.717) is 35.6 Å². The number of anilines is 1. The molecule has 1 aliphatic heterocycles. The molecule has 0 fully saturated rings. The molecule has 0 atom stereocenters. The van der Waals surface area contributed by atoms with E-state index in [2.05, 4.69) is 11.9 Å². The van der Waals surface area contributed by atoms with Gasteiger partial charge in [0.15, 0.2) is 0 Å². The maximum Gasteiger partial charge on any atom is 0.259 e. The Bertz CT molecular complexity index is 1090. The first kappa shape index (κ1) is 21.7. The zero-order valence-electron chi connectivity index (χ0n) is 17.3. The largest absolute Gasteiger partial charge is 0.324 e. The number of fused-ring (bicyclic) bond motifs is 1. The number of sulfonamides is 1. The van der Waals surface area contributed by atoms with Gasteiger partial charge in [0, 0.05) is 35.6 Å². The Morgan fingerprint density at radius 3 is 2.33 bits per heavy atom. The van der Waals surface area contributed by atoms with Gasteiger partial charge < -0.3 is 5.32 Å². The molecular weight excluding hydrogens is 402 g/mol. The van der Waals surface area contributed by atoms with Crippen molar-refractivity contribution in [1.29, 1.82) is 0 Å². The van der Waals surface area contributed by atoms with Crippen LogP contribution in [0.15, 0.2) is 53.9 Å². The molecule has 0 spiro atoms. The second-order valence-electron chi connectivity index (χ2n) is 7.00. The molecule has 1 aliphatic rings. The van der Waals surface area contributed by atoms with Crippen molar-refractivity contribution in [1.82, 2.24) is 9.21 Å². The van der Waals surface area contributed by atoms with Gasteiger partial charge in [-0.15, -0.1) is 0 Å². The van der Waals surface area contributed by atoms with E-state index >= 15 is 0 Å². The number of nitrogens with zero attached hydrogens (tertiary/aromatic N) is 2. The number of amides is 2. The Hall–Kier alpha value is -2.97. The minimum atomic E-state index is -3.65. The highest BCUT2D eigenvalue weighted by molar-refractivity contribution is 7.89. The molecule has 8 heteroatoms. The van der Waals surface area contributed by atoms with Crippen LogP contribution in [0, 0.1) is 6.92 Å². The van der Waals surface area contributed by atoms with E-state index in [1.807, 2.05) is 6.07 Å². The monoisotopic (exact) mass is 427 g/mol. The first-order chi connectivity index (χ1) is 14.2. The number of hydrogen-bond donors (Lipinski definition) is 1. The SMILES string of the molecule is C=C1c2ccccc2C(=O)N1CC(=O)Nc1cc(S(=O)(=O)N(CC)CC)ccc1C. The fourth-order valence-electron chi connectivity index (χ4n) is 3.44. The second kappa shape index (κ2) is 8.41. The van der Waals surface area contributed by atoms with Gasteiger partial charge in [0.25, 0.3) is 5.91 Å². The zero-order chi connectivity index (χ0) is 22.1. The number of carbonyl (C=O) groups is 2. The van der Waals surface area contributed by atoms with Gasteiger partial charge in [-0.05, 0) is 30.7 Å². The van der Waals surface area contributed by atoms with Crippen molar-refractivity contribution in [3.05, 3.63) is 65.7 Å². The molecule has 2 aromatic carbocycles. The predicted octanol–water partition coefficient (Wildman–Crippen LogP) is 3.09. The van der Waals surface area contributed by atoms with Crippen LogP contribution < -0.4 is 5.32 Å². The molecule has 2 aromatic rings. The number of hydrogen-bond acceptors (Lipinski definition) is 4. The van der Waals surface area contributed by atoms with E-state index in [0.717, 1.165) is 5.56 Å². The molecule has 158 valence electrons. The molecule has 0 aromatic heterocycles. The number of benzene rings is 2. The van der Waals surface area contributed by atoms with E-state index in [9.17, 15) is 18.0 Å². The number of nitrogens with one attached hydrogen (secondary N) is 1. The minimum Gasteiger partial charge on any atom is -0.324 e. The average molecular weight is 428 g/mol. The van der Waals surface area contributed by atoms with Crippen molar-refractivity contribution in [3.8, 4) is 0 Å². The van der Waals surface area contributed by atoms with Crippen LogP contribution in [0.1, 0.15) is 35.3 Å². The van der Waals surface area contributed by atoms with Gasteiger partial charge in [0.05, 0.1) is 4.90 Å². The normalized spacial score (nSPS) is 13.7. The van der Waals surface area contributed by atoms with Crippen molar-refractivity contribution < 1.29 is 18.0 Å². The summed E-state index contributed by atoms with van der Waals surface area (Å²) < 4.78 is 26.9. The average Bonchev–Trinajstić information content (AvgIpc) is 2.95. The topological polar surface area (TPSA) is 86.8 Å². The smallest absolute Gasteiger partial charge is 0.259 e. The van der Waals surface area contributed by atoms with Crippen molar-refractivity contribution >= 4 is 33.2 Å². The van der Waals surface area contributed by atoms with Crippen LogP contribution in [-0.2, 0) is 14.8 Å². The van der Waals surface area contributed by atoms with Gasteiger partial charge in [-0.1, -0.05) is 44.7 Å². The summed E-state index contributed by atoms with van der Waals surface area (Å²) >= 11 is 0. The molecule has 0 saturated carbocycles. The van der Waals surface area contributed by atoms with Crippen LogP contribution in [0.3, 0.4) is 0 Å². The number of carbonyl (C=O) groups excluding carboxylic acids is 2. The van der Waals surface area contributed by atoms with E-state index < -0.39 is 15.9 Å². The summed E-state index contributed by atoms with van der Waals surface area (Å²) in [6.45, 7) is 9.76. The molecule has 0 aliphatic carbocycles. The molecule has 2 amide bonds. The number of aryl methyl sites for hydroxylation is 1. The maximum absolute atomic E-state index is 12.8. The fraction of sp³-hybridized carbons (Fsp3) is 0.273. The summed E-state index contributed by atoms with van der Waals surface area (Å²) in [6.07, 6.45) is 0. The molecule has 3 rings (SSSR count). The highest BCUT2D eigenvalue weighted by Crippen LogP contribution is 2.31. The van der Waals surface area contributed by atoms with Gasteiger partial charge in [-0.25, -0.2) is 8.42 Å². The van der Waals surface area contributed by atoms with Crippen molar-refractivity contribution in [3.63, 3.8) is 0 Å². The first-order valence-corrected chi connectivity index (χ1v) is 11.2. The lowest BCUT2D eigenvalue weighted by Crippen LogP contribution is -2.33. The Morgan fingerprint density at radius 1 is 1.10 bits per heavy atom. The molecule has 0 bridgehead atoms. The molecular formula is C22H25N3O4S. The van der Waals surface area contributed by atoms with Gasteiger partial charge in [0.1, 0.15) is 6.54 Å². The van der Waals surface area contributed by atoms with Gasteiger partial charge in [-0.3, -0.25) is 14.5 Å². The Morgan fingerprint density at radius 2 is 1.73 bits per heavy atom. The van der Waals surface area contributed by atoms with Crippen LogP contribution in [-0.4, -0.2) is 49.1 Å². The van der Waals surface area contributed by atoms with Gasteiger partial charge >= 0.3 is 0 Å². The third-order valence-electron chi connectivity index (χ3n) is 5.17. The molecule has 0 unspecified atom stereocenters. The Labute approximate surface area is 177 Å². The standard InChI is InChI=1S/C22H25N3O4S/c1-5-24(6-2)30(28,29)17-12-11-15(3)20(13-17)23-21(26)14-25-16(4)18-9-7-8-10-19(18)22(25)27/h7-13H,4-6,14H2,1-3H3,(H,23,26). The minimum absolute atomic E-state index is 0.112. The molecule has 0 saturated heterocycles. The molecule has 1 N–H and O–H groups in total. The molecule has 30 heavy (non-hydrogen) atoms. The Kier molecular flexibility index (Phi) is 6.09. The lowest BCUT2D eigenvalue weighted by atomic mass is 10.1. The predicted molar refractivity (Wildman–Crippen MR) is 116 cm³/mol. The maximum atomic E-state index is 12.8. The second-order valence-corrected chi connectivity index (χ2v) is 8.94. The van der Waals surface area contributed by atoms with Crippen LogP contribution in [0.4, 0.5) is 5.69 Å². The van der Waals surface area contributed by atoms with Gasteiger partial charge in [0.2, 0.25) is 15.9 Å². The van der Waals surface area contributed by atoms with Crippen LogP contribution in [0.25, 0.3) is 5.70 Å². The lowest BCUT2D eigenvalue weighted by molar-refractivity contribution is -0.116. The molecule has 0 radical (unpaired) electrons. The van der Waals surface area contributed by atoms with Crippen molar-refractivity contribution in [2.24, 2.45) is 0 Å². The first-order valence-electron chi connectivity index (χ1n) is 9.71. The summed E-state index contributed by atoms with van der Waals surface area (Å²) in [4.78, 5) is 26.7. The highest BCUT2D eigenvalue weighted by atomic mass is 32.2. The van der Waals surface area contributed by atoms with E-state index in [1.165, 1.54) is 21.3 Å². The van der Waals surface area contributed by atoms with E-state index in [4.69, 9.17) is 0 Å². The van der Waals surface area contributed by atoms with Crippen LogP contribution in [0.5, 0.6) is 0 Å². The quantitative estimate of drug-likeness (QED) is 0.736. The third-order valence-corrected chi connectivity index (χ3v) is 7.21. The lowest BCUT2D eigenvalue weighted by Gasteiger charge is -2.20. The zero-order valence-corrected chi connectivity index (χ0v) is 18.1. The fourth-order valence-corrected chi connectivity index (χ4v) is 4.93. The number of rotatable bonds is 7. The van der Waals surface area contributed by atoms with Gasteiger partial charge in [-0.2, -0.15) is 4.31 Å². The van der Waals surface area contributed by atoms with Crippen LogP contribution in [0.2, 0.25) is 0 Å². The van der Waals surface area contributed by atoms with Crippen molar-refractivity contribution in [2.45, 2.75) is 25.7 Å². The Balaban J connectivity index is 1.80. The highest BCUT2D eigenvalue weighted by Gasteiger charge is 2.32. The summed E-state index contributed by atoms with van der Waals surface area (Å²) in [5, 5.41) is 2.74. The summed E-state index contributed by atoms with van der Waals surface area (Å²) in [5.41, 5.74) is 2.80. The molecule has 1 heterocycles. The van der Waals surface area contributed by atoms with Crippen LogP contribution >= 0.6 is 0 Å². The van der Waals surface area contributed by atoms with E-state index in [-0.39, 0.29) is 17.3 Å². The van der Waals surface area contributed by atoms with E-state index in [1.54, 1.807) is 45.0 Å². The summed E-state index contributed by atoms with van der Waals surface area (Å²) in [5.74, 6) is -0.710. The summed E-state index contributed by atoms with van der Waals surface area (Å²) in [7, 11) is -3.65. The summed E-state index contributed by atoms with van der Waals surface area (Å²) in [6, 6.07) is 11.7.